The molecule has 7 heteroatoms. The maximum Gasteiger partial charge on any atom is 0.251 e. The topological polar surface area (TPSA) is 71.9 Å². The van der Waals surface area contributed by atoms with Gasteiger partial charge >= 0.3 is 0 Å². The van der Waals surface area contributed by atoms with Crippen LogP contribution >= 0.6 is 12.2 Å². The number of benzene rings is 1. The minimum absolute atomic E-state index is 0.134. The lowest BCUT2D eigenvalue weighted by Crippen LogP contribution is -2.26. The first-order valence-corrected chi connectivity index (χ1v) is 6.97. The van der Waals surface area contributed by atoms with E-state index < -0.39 is 0 Å². The fraction of sp³-hybridized carbons (Fsp3) is 0.357. The van der Waals surface area contributed by atoms with Crippen LogP contribution < -0.4 is 10.1 Å². The number of aromatic nitrogens is 3. The van der Waals surface area contributed by atoms with Crippen LogP contribution in [-0.2, 0) is 13.5 Å². The van der Waals surface area contributed by atoms with Crippen LogP contribution in [0.2, 0.25) is 0 Å². The van der Waals surface area contributed by atoms with E-state index in [1.165, 1.54) is 0 Å². The highest BCUT2D eigenvalue weighted by atomic mass is 32.1. The van der Waals surface area contributed by atoms with E-state index in [9.17, 15) is 4.79 Å². The van der Waals surface area contributed by atoms with Crippen LogP contribution in [0.1, 0.15) is 21.7 Å². The van der Waals surface area contributed by atoms with Crippen molar-refractivity contribution in [1.29, 1.82) is 0 Å². The van der Waals surface area contributed by atoms with Gasteiger partial charge in [0.1, 0.15) is 11.6 Å². The SMILES string of the molecule is COc1cc(C(=O)NCCc2n[nH]c(=S)n2C)ccc1C. The summed E-state index contributed by atoms with van der Waals surface area (Å²) < 4.78 is 7.58. The summed E-state index contributed by atoms with van der Waals surface area (Å²) in [7, 11) is 3.43. The molecule has 1 heterocycles. The number of carbonyl (C=O) groups excluding carboxylic acids is 1. The molecule has 2 rings (SSSR count). The minimum Gasteiger partial charge on any atom is -0.496 e. The van der Waals surface area contributed by atoms with Gasteiger partial charge in [-0.2, -0.15) is 5.10 Å². The summed E-state index contributed by atoms with van der Waals surface area (Å²) in [6.07, 6.45) is 0.610. The van der Waals surface area contributed by atoms with Crippen LogP contribution in [-0.4, -0.2) is 34.3 Å². The Kier molecular flexibility index (Phi) is 4.74. The van der Waals surface area contributed by atoms with E-state index in [2.05, 4.69) is 15.5 Å². The van der Waals surface area contributed by atoms with Gasteiger partial charge in [0, 0.05) is 25.6 Å². The van der Waals surface area contributed by atoms with Crippen LogP contribution in [0.5, 0.6) is 5.75 Å². The number of aromatic amines is 1. The molecule has 0 aliphatic heterocycles. The van der Waals surface area contributed by atoms with E-state index in [-0.39, 0.29) is 5.91 Å². The van der Waals surface area contributed by atoms with E-state index in [4.69, 9.17) is 17.0 Å². The van der Waals surface area contributed by atoms with Crippen molar-refractivity contribution in [3.8, 4) is 5.75 Å². The average Bonchev–Trinajstić information content (AvgIpc) is 2.79. The molecule has 112 valence electrons. The second-order valence-corrected chi connectivity index (χ2v) is 5.08. The molecule has 0 spiro atoms. The fourth-order valence-electron chi connectivity index (χ4n) is 1.95. The summed E-state index contributed by atoms with van der Waals surface area (Å²) >= 11 is 5.04. The maximum absolute atomic E-state index is 12.1. The summed E-state index contributed by atoms with van der Waals surface area (Å²) in [6.45, 7) is 2.42. The second kappa shape index (κ2) is 6.53. The Morgan fingerprint density at radius 3 is 2.90 bits per heavy atom. The normalized spacial score (nSPS) is 10.4. The Morgan fingerprint density at radius 2 is 2.29 bits per heavy atom. The standard InChI is InChI=1S/C14H18N4O2S/c1-9-4-5-10(8-11(9)20-3)13(19)15-7-6-12-16-17-14(21)18(12)2/h4-5,8H,6-7H2,1-3H3,(H,15,19)(H,17,21). The zero-order valence-corrected chi connectivity index (χ0v) is 13.1. The third-order valence-corrected chi connectivity index (χ3v) is 3.64. The highest BCUT2D eigenvalue weighted by Crippen LogP contribution is 2.18. The molecule has 6 nitrogen and oxygen atoms in total. The predicted molar refractivity (Wildman–Crippen MR) is 82.2 cm³/mol. The number of ether oxygens (including phenoxy) is 1. The van der Waals surface area contributed by atoms with E-state index in [0.29, 0.717) is 29.0 Å². The number of H-pyrrole nitrogens is 1. The number of rotatable bonds is 5. The molecule has 0 aliphatic carbocycles. The molecule has 0 saturated carbocycles. The molecule has 0 atom stereocenters. The first-order valence-electron chi connectivity index (χ1n) is 6.56. The van der Waals surface area contributed by atoms with E-state index >= 15 is 0 Å². The Hall–Kier alpha value is -2.15. The molecule has 2 N–H and O–H groups in total. The minimum atomic E-state index is -0.134. The van der Waals surface area contributed by atoms with E-state index in [0.717, 1.165) is 11.4 Å². The summed E-state index contributed by atoms with van der Waals surface area (Å²) in [6, 6.07) is 5.38. The van der Waals surface area contributed by atoms with Crippen LogP contribution in [0.15, 0.2) is 18.2 Å². The molecule has 0 saturated heterocycles. The molecule has 1 amide bonds. The Morgan fingerprint density at radius 1 is 1.52 bits per heavy atom. The number of methoxy groups -OCH3 is 1. The number of hydrogen-bond acceptors (Lipinski definition) is 4. The molecule has 1 aromatic carbocycles. The fourth-order valence-corrected chi connectivity index (χ4v) is 2.11. The van der Waals surface area contributed by atoms with Crippen LogP contribution in [0, 0.1) is 11.7 Å². The number of aryl methyl sites for hydroxylation is 1. The molecule has 0 radical (unpaired) electrons. The Labute approximate surface area is 128 Å². The van der Waals surface area contributed by atoms with Crippen molar-refractivity contribution in [2.24, 2.45) is 7.05 Å². The van der Waals surface area contributed by atoms with Crippen molar-refractivity contribution < 1.29 is 9.53 Å². The van der Waals surface area contributed by atoms with Crippen molar-refractivity contribution in [3.63, 3.8) is 0 Å². The number of hydrogen-bond donors (Lipinski definition) is 2. The van der Waals surface area contributed by atoms with Gasteiger partial charge in [0.25, 0.3) is 5.91 Å². The average molecular weight is 306 g/mol. The van der Waals surface area contributed by atoms with Crippen molar-refractivity contribution >= 4 is 18.1 Å². The van der Waals surface area contributed by atoms with Gasteiger partial charge in [-0.05, 0) is 36.8 Å². The first kappa shape index (κ1) is 15.2. The first-order chi connectivity index (χ1) is 10.0. The second-order valence-electron chi connectivity index (χ2n) is 4.69. The lowest BCUT2D eigenvalue weighted by atomic mass is 10.1. The third kappa shape index (κ3) is 3.49. The van der Waals surface area contributed by atoms with Gasteiger partial charge in [-0.15, -0.1) is 0 Å². The number of nitrogens with one attached hydrogen (secondary N) is 2. The zero-order valence-electron chi connectivity index (χ0n) is 12.3. The molecular weight excluding hydrogens is 288 g/mol. The lowest BCUT2D eigenvalue weighted by molar-refractivity contribution is 0.0953. The van der Waals surface area contributed by atoms with Crippen molar-refractivity contribution in [3.05, 3.63) is 39.9 Å². The molecule has 0 aliphatic rings. The van der Waals surface area contributed by atoms with Crippen LogP contribution in [0.4, 0.5) is 0 Å². The van der Waals surface area contributed by atoms with Gasteiger partial charge in [-0.25, -0.2) is 0 Å². The molecular formula is C14H18N4O2S. The molecule has 0 unspecified atom stereocenters. The van der Waals surface area contributed by atoms with E-state index in [1.54, 1.807) is 23.8 Å². The van der Waals surface area contributed by atoms with Crippen LogP contribution in [0.25, 0.3) is 0 Å². The number of nitrogens with zero attached hydrogens (tertiary/aromatic N) is 2. The summed E-state index contributed by atoms with van der Waals surface area (Å²) in [5, 5.41) is 9.67. The van der Waals surface area contributed by atoms with Crippen LogP contribution in [0.3, 0.4) is 0 Å². The lowest BCUT2D eigenvalue weighted by Gasteiger charge is -2.08. The quantitative estimate of drug-likeness (QED) is 0.826. The summed E-state index contributed by atoms with van der Waals surface area (Å²) in [5.41, 5.74) is 1.57. The molecule has 0 bridgehead atoms. The van der Waals surface area contributed by atoms with Crippen molar-refractivity contribution in [2.75, 3.05) is 13.7 Å². The van der Waals surface area contributed by atoms with Crippen molar-refractivity contribution in [2.45, 2.75) is 13.3 Å². The Balaban J connectivity index is 1.96. The largest absolute Gasteiger partial charge is 0.496 e. The molecule has 1 aromatic heterocycles. The highest BCUT2D eigenvalue weighted by Gasteiger charge is 2.09. The zero-order chi connectivity index (χ0) is 15.4. The molecule has 0 fully saturated rings. The van der Waals surface area contributed by atoms with Gasteiger partial charge in [0.15, 0.2) is 4.77 Å². The van der Waals surface area contributed by atoms with Crippen molar-refractivity contribution in [1.82, 2.24) is 20.1 Å². The van der Waals surface area contributed by atoms with Gasteiger partial charge in [0.2, 0.25) is 0 Å². The van der Waals surface area contributed by atoms with Gasteiger partial charge in [0.05, 0.1) is 7.11 Å². The summed E-state index contributed by atoms with van der Waals surface area (Å²) in [4.78, 5) is 12.1. The molecule has 21 heavy (non-hydrogen) atoms. The monoisotopic (exact) mass is 306 g/mol. The van der Waals surface area contributed by atoms with Gasteiger partial charge in [-0.1, -0.05) is 6.07 Å². The molecule has 2 aromatic rings. The summed E-state index contributed by atoms with van der Waals surface area (Å²) in [5.74, 6) is 1.38. The maximum atomic E-state index is 12.1. The number of amides is 1. The van der Waals surface area contributed by atoms with Gasteiger partial charge in [-0.3, -0.25) is 9.89 Å². The Bertz CT molecular complexity index is 705. The smallest absolute Gasteiger partial charge is 0.251 e. The number of carbonyl (C=O) groups is 1. The highest BCUT2D eigenvalue weighted by molar-refractivity contribution is 7.71. The third-order valence-electron chi connectivity index (χ3n) is 3.28. The van der Waals surface area contributed by atoms with E-state index in [1.807, 2.05) is 20.0 Å². The van der Waals surface area contributed by atoms with Gasteiger partial charge < -0.3 is 14.6 Å². The predicted octanol–water partition coefficient (Wildman–Crippen LogP) is 1.77.